The molecule has 0 fully saturated rings. The highest BCUT2D eigenvalue weighted by Gasteiger charge is 2.05. The SMILES string of the molecule is CNCc1ccc(OC)cc1OCCOc1ccccc1. The third kappa shape index (κ3) is 4.68. The quantitative estimate of drug-likeness (QED) is 0.758. The number of hydrogen-bond donors (Lipinski definition) is 1. The molecule has 0 bridgehead atoms. The summed E-state index contributed by atoms with van der Waals surface area (Å²) in [6, 6.07) is 15.5. The Morgan fingerprint density at radius 2 is 1.67 bits per heavy atom. The van der Waals surface area contributed by atoms with Crippen LogP contribution in [-0.2, 0) is 6.54 Å². The van der Waals surface area contributed by atoms with E-state index in [-0.39, 0.29) is 0 Å². The third-order valence-corrected chi connectivity index (χ3v) is 2.99. The van der Waals surface area contributed by atoms with Crippen LogP contribution in [-0.4, -0.2) is 27.4 Å². The van der Waals surface area contributed by atoms with Crippen LogP contribution in [0.1, 0.15) is 5.56 Å². The van der Waals surface area contributed by atoms with Gasteiger partial charge in [-0.1, -0.05) is 24.3 Å². The number of rotatable bonds is 8. The fourth-order valence-electron chi connectivity index (χ4n) is 1.96. The van der Waals surface area contributed by atoms with Crippen LogP contribution in [0, 0.1) is 0 Å². The van der Waals surface area contributed by atoms with E-state index in [1.54, 1.807) is 7.11 Å². The predicted octanol–water partition coefficient (Wildman–Crippen LogP) is 2.87. The topological polar surface area (TPSA) is 39.7 Å². The van der Waals surface area contributed by atoms with Gasteiger partial charge in [0.2, 0.25) is 0 Å². The van der Waals surface area contributed by atoms with Gasteiger partial charge in [-0.15, -0.1) is 0 Å². The first-order valence-electron chi connectivity index (χ1n) is 6.95. The van der Waals surface area contributed by atoms with Gasteiger partial charge in [0.05, 0.1) is 7.11 Å². The number of benzene rings is 2. The summed E-state index contributed by atoms with van der Waals surface area (Å²) in [5.74, 6) is 2.45. The van der Waals surface area contributed by atoms with Gasteiger partial charge >= 0.3 is 0 Å². The van der Waals surface area contributed by atoms with Crippen molar-refractivity contribution in [3.05, 3.63) is 54.1 Å². The summed E-state index contributed by atoms with van der Waals surface area (Å²) in [6.07, 6.45) is 0. The first kappa shape index (κ1) is 15.2. The molecular formula is C17H21NO3. The van der Waals surface area contributed by atoms with Crippen LogP contribution in [0.25, 0.3) is 0 Å². The summed E-state index contributed by atoms with van der Waals surface area (Å²) in [7, 11) is 3.56. The lowest BCUT2D eigenvalue weighted by atomic mass is 10.2. The minimum atomic E-state index is 0.485. The first-order valence-corrected chi connectivity index (χ1v) is 6.95. The van der Waals surface area contributed by atoms with Gasteiger partial charge < -0.3 is 19.5 Å². The lowest BCUT2D eigenvalue weighted by Gasteiger charge is -2.13. The number of nitrogens with one attached hydrogen (secondary N) is 1. The zero-order chi connectivity index (χ0) is 14.9. The molecule has 0 aromatic heterocycles. The van der Waals surface area contributed by atoms with Crippen molar-refractivity contribution in [1.29, 1.82) is 0 Å². The highest BCUT2D eigenvalue weighted by Crippen LogP contribution is 2.24. The second-order valence-corrected chi connectivity index (χ2v) is 4.51. The minimum Gasteiger partial charge on any atom is -0.497 e. The fraction of sp³-hybridized carbons (Fsp3) is 0.294. The number of methoxy groups -OCH3 is 1. The van der Waals surface area contributed by atoms with E-state index >= 15 is 0 Å². The molecule has 4 heteroatoms. The van der Waals surface area contributed by atoms with E-state index in [9.17, 15) is 0 Å². The zero-order valence-corrected chi connectivity index (χ0v) is 12.5. The molecule has 0 saturated heterocycles. The van der Waals surface area contributed by atoms with Crippen molar-refractivity contribution >= 4 is 0 Å². The maximum Gasteiger partial charge on any atom is 0.127 e. The standard InChI is InChI=1S/C17H21NO3/c1-18-13-14-8-9-16(19-2)12-17(14)21-11-10-20-15-6-4-3-5-7-15/h3-9,12,18H,10-11,13H2,1-2H3. The fourth-order valence-corrected chi connectivity index (χ4v) is 1.96. The molecule has 0 aliphatic heterocycles. The molecule has 112 valence electrons. The van der Waals surface area contributed by atoms with Crippen LogP contribution < -0.4 is 19.5 Å². The van der Waals surface area contributed by atoms with E-state index in [2.05, 4.69) is 5.32 Å². The molecule has 0 spiro atoms. The van der Waals surface area contributed by atoms with Crippen LogP contribution >= 0.6 is 0 Å². The van der Waals surface area contributed by atoms with E-state index in [1.165, 1.54) is 0 Å². The van der Waals surface area contributed by atoms with Crippen molar-refractivity contribution < 1.29 is 14.2 Å². The number of para-hydroxylation sites is 1. The van der Waals surface area contributed by atoms with Crippen molar-refractivity contribution in [3.8, 4) is 17.2 Å². The summed E-state index contributed by atoms with van der Waals surface area (Å²) in [5, 5.41) is 3.13. The zero-order valence-electron chi connectivity index (χ0n) is 12.5. The smallest absolute Gasteiger partial charge is 0.127 e. The van der Waals surface area contributed by atoms with Gasteiger partial charge in [-0.25, -0.2) is 0 Å². The average Bonchev–Trinajstić information content (AvgIpc) is 2.54. The van der Waals surface area contributed by atoms with Crippen LogP contribution in [0.5, 0.6) is 17.2 Å². The van der Waals surface area contributed by atoms with Gasteiger partial charge in [0, 0.05) is 18.2 Å². The maximum absolute atomic E-state index is 5.81. The lowest BCUT2D eigenvalue weighted by molar-refractivity contribution is 0.215. The molecule has 0 atom stereocenters. The molecular weight excluding hydrogens is 266 g/mol. The summed E-state index contributed by atoms with van der Waals surface area (Å²) in [4.78, 5) is 0. The molecule has 0 saturated carbocycles. The maximum atomic E-state index is 5.81. The summed E-state index contributed by atoms with van der Waals surface area (Å²) >= 11 is 0. The molecule has 0 aliphatic rings. The molecule has 2 aromatic carbocycles. The Labute approximate surface area is 125 Å². The van der Waals surface area contributed by atoms with Gasteiger partial charge in [-0.2, -0.15) is 0 Å². The van der Waals surface area contributed by atoms with Crippen LogP contribution in [0.4, 0.5) is 0 Å². The van der Waals surface area contributed by atoms with Crippen molar-refractivity contribution in [2.75, 3.05) is 27.4 Å². The molecule has 0 heterocycles. The second-order valence-electron chi connectivity index (χ2n) is 4.51. The van der Waals surface area contributed by atoms with Crippen molar-refractivity contribution in [2.24, 2.45) is 0 Å². The molecule has 21 heavy (non-hydrogen) atoms. The normalized spacial score (nSPS) is 10.2. The van der Waals surface area contributed by atoms with E-state index < -0.39 is 0 Å². The minimum absolute atomic E-state index is 0.485. The Hall–Kier alpha value is -2.20. The monoisotopic (exact) mass is 287 g/mol. The van der Waals surface area contributed by atoms with E-state index in [0.717, 1.165) is 29.4 Å². The van der Waals surface area contributed by atoms with Gasteiger partial charge in [-0.3, -0.25) is 0 Å². The molecule has 1 N–H and O–H groups in total. The molecule has 0 aliphatic carbocycles. The molecule has 0 unspecified atom stereocenters. The average molecular weight is 287 g/mol. The second kappa shape index (κ2) is 8.17. The Kier molecular flexibility index (Phi) is 5.91. The van der Waals surface area contributed by atoms with Crippen LogP contribution in [0.3, 0.4) is 0 Å². The summed E-state index contributed by atoms with van der Waals surface area (Å²) in [6.45, 7) is 1.73. The largest absolute Gasteiger partial charge is 0.497 e. The van der Waals surface area contributed by atoms with Crippen LogP contribution in [0.2, 0.25) is 0 Å². The molecule has 4 nitrogen and oxygen atoms in total. The van der Waals surface area contributed by atoms with Crippen molar-refractivity contribution in [1.82, 2.24) is 5.32 Å². The van der Waals surface area contributed by atoms with Gasteiger partial charge in [-0.05, 0) is 25.2 Å². The lowest BCUT2D eigenvalue weighted by Crippen LogP contribution is -2.12. The van der Waals surface area contributed by atoms with Gasteiger partial charge in [0.1, 0.15) is 30.5 Å². The first-order chi connectivity index (χ1) is 10.3. The van der Waals surface area contributed by atoms with Crippen molar-refractivity contribution in [3.63, 3.8) is 0 Å². The Bertz CT molecular complexity index is 543. The van der Waals surface area contributed by atoms with Gasteiger partial charge in [0.25, 0.3) is 0 Å². The molecule has 0 radical (unpaired) electrons. The summed E-state index contributed by atoms with van der Waals surface area (Å²) < 4.78 is 16.7. The molecule has 2 aromatic rings. The number of ether oxygens (including phenoxy) is 3. The van der Waals surface area contributed by atoms with E-state index in [4.69, 9.17) is 14.2 Å². The Morgan fingerprint density at radius 1 is 0.905 bits per heavy atom. The highest BCUT2D eigenvalue weighted by atomic mass is 16.5. The van der Waals surface area contributed by atoms with E-state index in [0.29, 0.717) is 13.2 Å². The van der Waals surface area contributed by atoms with Crippen LogP contribution in [0.15, 0.2) is 48.5 Å². The third-order valence-electron chi connectivity index (χ3n) is 2.99. The van der Waals surface area contributed by atoms with Gasteiger partial charge in [0.15, 0.2) is 0 Å². The Morgan fingerprint density at radius 3 is 2.38 bits per heavy atom. The molecule has 0 amide bonds. The number of hydrogen-bond acceptors (Lipinski definition) is 4. The highest BCUT2D eigenvalue weighted by molar-refractivity contribution is 5.40. The summed E-state index contributed by atoms with van der Waals surface area (Å²) in [5.41, 5.74) is 1.10. The van der Waals surface area contributed by atoms with E-state index in [1.807, 2.05) is 55.6 Å². The molecule has 2 rings (SSSR count). The predicted molar refractivity (Wildman–Crippen MR) is 83.2 cm³/mol. The Balaban J connectivity index is 1.89. The van der Waals surface area contributed by atoms with Crippen molar-refractivity contribution in [2.45, 2.75) is 6.54 Å².